The predicted molar refractivity (Wildman–Crippen MR) is 87.9 cm³/mol. The highest BCUT2D eigenvalue weighted by Gasteiger charge is 2.24. The van der Waals surface area contributed by atoms with E-state index in [1.54, 1.807) is 0 Å². The van der Waals surface area contributed by atoms with Gasteiger partial charge in [-0.1, -0.05) is 44.7 Å². The van der Waals surface area contributed by atoms with E-state index in [1.807, 2.05) is 0 Å². The summed E-state index contributed by atoms with van der Waals surface area (Å²) >= 11 is 0. The van der Waals surface area contributed by atoms with Gasteiger partial charge in [-0.2, -0.15) is 0 Å². The first-order chi connectivity index (χ1) is 10.4. The summed E-state index contributed by atoms with van der Waals surface area (Å²) in [5, 5.41) is 3.76. The van der Waals surface area contributed by atoms with Gasteiger partial charge in [-0.05, 0) is 55.3 Å². The molecule has 1 saturated carbocycles. The molecule has 0 bridgehead atoms. The second kappa shape index (κ2) is 7.31. The molecule has 2 aliphatic rings. The van der Waals surface area contributed by atoms with Gasteiger partial charge in [-0.25, -0.2) is 0 Å². The van der Waals surface area contributed by atoms with Crippen LogP contribution in [0.2, 0.25) is 0 Å². The second-order valence-electron chi connectivity index (χ2n) is 6.61. The Labute approximate surface area is 129 Å². The SMILES string of the molecule is CCNC(c1ccc2c(c1)CCCO2)C1CCCCCC1. The molecule has 1 N–H and O–H groups in total. The molecule has 0 radical (unpaired) electrons. The number of nitrogens with one attached hydrogen (secondary N) is 1. The minimum Gasteiger partial charge on any atom is -0.493 e. The molecule has 1 aliphatic heterocycles. The van der Waals surface area contributed by atoms with E-state index in [9.17, 15) is 0 Å². The lowest BCUT2D eigenvalue weighted by molar-refractivity contribution is 0.287. The van der Waals surface area contributed by atoms with Gasteiger partial charge in [0.25, 0.3) is 0 Å². The Morgan fingerprint density at radius 3 is 2.71 bits per heavy atom. The number of hydrogen-bond donors (Lipinski definition) is 1. The summed E-state index contributed by atoms with van der Waals surface area (Å²) < 4.78 is 5.76. The summed E-state index contributed by atoms with van der Waals surface area (Å²) in [6.07, 6.45) is 10.7. The zero-order chi connectivity index (χ0) is 14.5. The van der Waals surface area contributed by atoms with Crippen LogP contribution in [-0.4, -0.2) is 13.2 Å². The zero-order valence-corrected chi connectivity index (χ0v) is 13.4. The number of ether oxygens (including phenoxy) is 1. The van der Waals surface area contributed by atoms with Crippen LogP contribution in [0.15, 0.2) is 18.2 Å². The third kappa shape index (κ3) is 3.60. The van der Waals surface area contributed by atoms with Crippen LogP contribution in [0, 0.1) is 5.92 Å². The first-order valence-corrected chi connectivity index (χ1v) is 8.87. The Kier molecular flexibility index (Phi) is 5.18. The quantitative estimate of drug-likeness (QED) is 0.815. The molecule has 1 fully saturated rings. The first-order valence-electron chi connectivity index (χ1n) is 8.87. The van der Waals surface area contributed by atoms with Crippen LogP contribution in [0.3, 0.4) is 0 Å². The molecular weight excluding hydrogens is 258 g/mol. The monoisotopic (exact) mass is 287 g/mol. The normalized spacial score (nSPS) is 21.2. The van der Waals surface area contributed by atoms with Crippen molar-refractivity contribution in [1.82, 2.24) is 5.32 Å². The molecule has 3 rings (SSSR count). The van der Waals surface area contributed by atoms with Gasteiger partial charge in [0.1, 0.15) is 5.75 Å². The highest BCUT2D eigenvalue weighted by Crippen LogP contribution is 2.36. The van der Waals surface area contributed by atoms with Crippen LogP contribution in [-0.2, 0) is 6.42 Å². The lowest BCUT2D eigenvalue weighted by Crippen LogP contribution is -2.28. The zero-order valence-electron chi connectivity index (χ0n) is 13.4. The summed E-state index contributed by atoms with van der Waals surface area (Å²) in [6, 6.07) is 7.43. The third-order valence-corrected chi connectivity index (χ3v) is 5.09. The fourth-order valence-corrected chi connectivity index (χ4v) is 3.99. The molecule has 2 heteroatoms. The number of hydrogen-bond acceptors (Lipinski definition) is 2. The summed E-state index contributed by atoms with van der Waals surface area (Å²) in [6.45, 7) is 4.16. The smallest absolute Gasteiger partial charge is 0.122 e. The van der Waals surface area contributed by atoms with E-state index < -0.39 is 0 Å². The van der Waals surface area contributed by atoms with Crippen LogP contribution in [0.25, 0.3) is 0 Å². The van der Waals surface area contributed by atoms with Crippen LogP contribution < -0.4 is 10.1 Å². The summed E-state index contributed by atoms with van der Waals surface area (Å²) in [7, 11) is 0. The maximum atomic E-state index is 5.76. The minimum absolute atomic E-state index is 0.528. The minimum atomic E-state index is 0.528. The van der Waals surface area contributed by atoms with Crippen molar-refractivity contribution in [3.05, 3.63) is 29.3 Å². The highest BCUT2D eigenvalue weighted by atomic mass is 16.5. The van der Waals surface area contributed by atoms with E-state index in [0.29, 0.717) is 6.04 Å². The molecule has 1 heterocycles. The third-order valence-electron chi connectivity index (χ3n) is 5.09. The Hall–Kier alpha value is -1.02. The van der Waals surface area contributed by atoms with Gasteiger partial charge in [-0.3, -0.25) is 0 Å². The van der Waals surface area contributed by atoms with E-state index >= 15 is 0 Å². The van der Waals surface area contributed by atoms with Gasteiger partial charge in [0.2, 0.25) is 0 Å². The second-order valence-corrected chi connectivity index (χ2v) is 6.61. The topological polar surface area (TPSA) is 21.3 Å². The molecule has 116 valence electrons. The molecular formula is C19H29NO. The predicted octanol–water partition coefficient (Wildman–Crippen LogP) is 4.63. The molecule has 1 atom stereocenters. The largest absolute Gasteiger partial charge is 0.493 e. The Morgan fingerprint density at radius 2 is 1.95 bits per heavy atom. The van der Waals surface area contributed by atoms with Crippen LogP contribution >= 0.6 is 0 Å². The maximum Gasteiger partial charge on any atom is 0.122 e. The highest BCUT2D eigenvalue weighted by molar-refractivity contribution is 5.39. The van der Waals surface area contributed by atoms with Gasteiger partial charge in [-0.15, -0.1) is 0 Å². The number of aryl methyl sites for hydroxylation is 1. The summed E-state index contributed by atoms with van der Waals surface area (Å²) in [5.41, 5.74) is 2.89. The van der Waals surface area contributed by atoms with Gasteiger partial charge < -0.3 is 10.1 Å². The molecule has 1 aromatic carbocycles. The molecule has 0 aromatic heterocycles. The Morgan fingerprint density at radius 1 is 1.14 bits per heavy atom. The van der Waals surface area contributed by atoms with Crippen LogP contribution in [0.5, 0.6) is 5.75 Å². The van der Waals surface area contributed by atoms with Crippen molar-refractivity contribution in [2.75, 3.05) is 13.2 Å². The lowest BCUT2D eigenvalue weighted by atomic mass is 9.86. The van der Waals surface area contributed by atoms with Crippen molar-refractivity contribution in [3.63, 3.8) is 0 Å². The summed E-state index contributed by atoms with van der Waals surface area (Å²) in [4.78, 5) is 0. The average Bonchev–Trinajstić information content (AvgIpc) is 2.81. The first kappa shape index (κ1) is 14.9. The lowest BCUT2D eigenvalue weighted by Gasteiger charge is -2.29. The average molecular weight is 287 g/mol. The number of fused-ring (bicyclic) bond motifs is 1. The summed E-state index contributed by atoms with van der Waals surface area (Å²) in [5.74, 6) is 1.91. The van der Waals surface area contributed by atoms with Crippen LogP contribution in [0.1, 0.15) is 69.0 Å². The Bertz CT molecular complexity index is 449. The van der Waals surface area contributed by atoms with E-state index in [0.717, 1.165) is 31.2 Å². The molecule has 2 nitrogen and oxygen atoms in total. The van der Waals surface area contributed by atoms with E-state index in [2.05, 4.69) is 30.4 Å². The van der Waals surface area contributed by atoms with E-state index in [-0.39, 0.29) is 0 Å². The van der Waals surface area contributed by atoms with Crippen molar-refractivity contribution in [2.24, 2.45) is 5.92 Å². The van der Waals surface area contributed by atoms with Crippen molar-refractivity contribution < 1.29 is 4.74 Å². The van der Waals surface area contributed by atoms with Crippen LogP contribution in [0.4, 0.5) is 0 Å². The van der Waals surface area contributed by atoms with E-state index in [1.165, 1.54) is 56.1 Å². The van der Waals surface area contributed by atoms with Gasteiger partial charge >= 0.3 is 0 Å². The molecule has 0 amide bonds. The van der Waals surface area contributed by atoms with E-state index in [4.69, 9.17) is 4.74 Å². The Balaban J connectivity index is 1.82. The molecule has 21 heavy (non-hydrogen) atoms. The number of rotatable bonds is 4. The standard InChI is InChI=1S/C19H29NO/c1-2-20-19(15-8-5-3-4-6-9-15)17-11-12-18-16(14-17)10-7-13-21-18/h11-12,14-15,19-20H,2-10,13H2,1H3. The van der Waals surface area contributed by atoms with Crippen molar-refractivity contribution in [3.8, 4) is 5.75 Å². The van der Waals surface area contributed by atoms with Crippen molar-refractivity contribution >= 4 is 0 Å². The van der Waals surface area contributed by atoms with Gasteiger partial charge in [0.05, 0.1) is 6.61 Å². The fraction of sp³-hybridized carbons (Fsp3) is 0.684. The van der Waals surface area contributed by atoms with Gasteiger partial charge in [0.15, 0.2) is 0 Å². The molecule has 0 spiro atoms. The van der Waals surface area contributed by atoms with Crippen molar-refractivity contribution in [1.29, 1.82) is 0 Å². The number of benzene rings is 1. The maximum absolute atomic E-state index is 5.76. The molecule has 0 saturated heterocycles. The van der Waals surface area contributed by atoms with Crippen molar-refractivity contribution in [2.45, 2.75) is 64.3 Å². The fourth-order valence-electron chi connectivity index (χ4n) is 3.99. The molecule has 1 unspecified atom stereocenters. The molecule has 1 aromatic rings. The molecule has 1 aliphatic carbocycles. The van der Waals surface area contributed by atoms with Gasteiger partial charge in [0, 0.05) is 6.04 Å².